The average molecular weight is 528 g/mol. The second-order valence-corrected chi connectivity index (χ2v) is 11.3. The Balaban J connectivity index is 0.00000210. The number of carbonyl (C=O) groups is 1. The number of hydrogen-bond acceptors (Lipinski definition) is 7. The minimum atomic E-state index is -3.70. The third-order valence-electron chi connectivity index (χ3n) is 7.20. The SMILES string of the molecule is COc1cc(C2(C(=O)Nc3cccc(-c4ccc(S(=O)(=O)N5CCC[C@@H]5CO)cc4)n3)CC2)ccc1O.[HH].[HH]. The van der Waals surface area contributed by atoms with Gasteiger partial charge >= 0.3 is 0 Å². The van der Waals surface area contributed by atoms with Crippen molar-refractivity contribution in [3.63, 3.8) is 0 Å². The lowest BCUT2D eigenvalue weighted by molar-refractivity contribution is -0.118. The van der Waals surface area contributed by atoms with E-state index in [0.29, 0.717) is 48.6 Å². The molecule has 1 aliphatic heterocycles. The topological polar surface area (TPSA) is 129 Å². The second kappa shape index (κ2) is 9.77. The highest BCUT2D eigenvalue weighted by molar-refractivity contribution is 7.89. The van der Waals surface area contributed by atoms with Crippen molar-refractivity contribution in [3.8, 4) is 22.8 Å². The predicted molar refractivity (Wildman–Crippen MR) is 142 cm³/mol. The molecule has 0 bridgehead atoms. The van der Waals surface area contributed by atoms with Crippen molar-refractivity contribution in [2.45, 2.75) is 42.0 Å². The van der Waals surface area contributed by atoms with E-state index in [-0.39, 0.29) is 32.1 Å². The summed E-state index contributed by atoms with van der Waals surface area (Å²) >= 11 is 0. The Kier molecular flexibility index (Phi) is 6.65. The fourth-order valence-electron chi connectivity index (χ4n) is 4.89. The molecule has 198 valence electrons. The van der Waals surface area contributed by atoms with Crippen LogP contribution in [-0.4, -0.2) is 60.1 Å². The highest BCUT2D eigenvalue weighted by atomic mass is 32.2. The van der Waals surface area contributed by atoms with Crippen LogP contribution in [-0.2, 0) is 20.2 Å². The van der Waals surface area contributed by atoms with Gasteiger partial charge in [-0.05, 0) is 67.6 Å². The van der Waals surface area contributed by atoms with Crippen LogP contribution in [0.1, 0.15) is 34.1 Å². The van der Waals surface area contributed by atoms with E-state index in [1.807, 2.05) is 0 Å². The van der Waals surface area contributed by atoms with Gasteiger partial charge in [0.15, 0.2) is 11.5 Å². The molecular formula is C27H33N3O6S. The van der Waals surface area contributed by atoms with Crippen molar-refractivity contribution in [2.24, 2.45) is 0 Å². The number of phenols is 1. The summed E-state index contributed by atoms with van der Waals surface area (Å²) in [5.74, 6) is 0.539. The van der Waals surface area contributed by atoms with Gasteiger partial charge in [0.2, 0.25) is 15.9 Å². The molecule has 0 radical (unpaired) electrons. The number of amides is 1. The summed E-state index contributed by atoms with van der Waals surface area (Å²) in [5, 5.41) is 22.3. The number of aromatic nitrogens is 1. The molecule has 3 aromatic rings. The molecule has 2 heterocycles. The maximum atomic E-state index is 13.2. The lowest BCUT2D eigenvalue weighted by Crippen LogP contribution is -2.37. The molecule has 1 saturated carbocycles. The van der Waals surface area contributed by atoms with E-state index in [1.165, 1.54) is 17.5 Å². The summed E-state index contributed by atoms with van der Waals surface area (Å²) < 4.78 is 32.6. The molecule has 10 heteroatoms. The molecule has 1 amide bonds. The van der Waals surface area contributed by atoms with E-state index in [4.69, 9.17) is 4.74 Å². The predicted octanol–water partition coefficient (Wildman–Crippen LogP) is 3.77. The molecule has 3 N–H and O–H groups in total. The summed E-state index contributed by atoms with van der Waals surface area (Å²) in [6, 6.07) is 16.3. The number of benzene rings is 2. The number of methoxy groups -OCH3 is 1. The van der Waals surface area contributed by atoms with Gasteiger partial charge in [0.1, 0.15) is 5.82 Å². The molecule has 37 heavy (non-hydrogen) atoms. The normalized spacial score (nSPS) is 18.9. The van der Waals surface area contributed by atoms with Crippen LogP contribution >= 0.6 is 0 Å². The first-order valence-electron chi connectivity index (χ1n) is 12.2. The number of ether oxygens (including phenoxy) is 1. The maximum absolute atomic E-state index is 13.2. The number of aromatic hydroxyl groups is 1. The van der Waals surface area contributed by atoms with Crippen molar-refractivity contribution in [3.05, 3.63) is 66.2 Å². The van der Waals surface area contributed by atoms with Gasteiger partial charge in [-0.1, -0.05) is 24.3 Å². The van der Waals surface area contributed by atoms with E-state index in [9.17, 15) is 23.4 Å². The van der Waals surface area contributed by atoms with Crippen molar-refractivity contribution >= 4 is 21.7 Å². The number of aliphatic hydroxyl groups is 1. The molecular weight excluding hydrogens is 494 g/mol. The molecule has 1 aliphatic carbocycles. The van der Waals surface area contributed by atoms with Crippen molar-refractivity contribution in [1.29, 1.82) is 0 Å². The Hall–Kier alpha value is -3.47. The third kappa shape index (κ3) is 4.68. The first-order valence-corrected chi connectivity index (χ1v) is 13.6. The summed E-state index contributed by atoms with van der Waals surface area (Å²) in [5.41, 5.74) is 1.37. The molecule has 1 aromatic heterocycles. The Morgan fingerprint density at radius 3 is 2.62 bits per heavy atom. The number of hydrogen-bond donors (Lipinski definition) is 3. The van der Waals surface area contributed by atoms with E-state index >= 15 is 0 Å². The number of nitrogens with one attached hydrogen (secondary N) is 1. The van der Waals surface area contributed by atoms with Crippen LogP contribution in [0.2, 0.25) is 0 Å². The van der Waals surface area contributed by atoms with Crippen molar-refractivity contribution in [1.82, 2.24) is 9.29 Å². The van der Waals surface area contributed by atoms with Crippen LogP contribution in [0.15, 0.2) is 65.6 Å². The number of nitrogens with zero attached hydrogens (tertiary/aromatic N) is 2. The van der Waals surface area contributed by atoms with Gasteiger partial charge < -0.3 is 20.3 Å². The fourth-order valence-corrected chi connectivity index (χ4v) is 6.57. The Labute approximate surface area is 218 Å². The Morgan fingerprint density at radius 1 is 1.19 bits per heavy atom. The first-order chi connectivity index (χ1) is 17.8. The number of pyridine rings is 1. The summed E-state index contributed by atoms with van der Waals surface area (Å²) in [4.78, 5) is 18.0. The zero-order chi connectivity index (χ0) is 26.2. The van der Waals surface area contributed by atoms with Crippen molar-refractivity contribution in [2.75, 3.05) is 25.6 Å². The monoisotopic (exact) mass is 527 g/mol. The zero-order valence-electron chi connectivity index (χ0n) is 20.4. The van der Waals surface area contributed by atoms with Crippen LogP contribution < -0.4 is 10.1 Å². The van der Waals surface area contributed by atoms with E-state index in [0.717, 1.165) is 12.0 Å². The van der Waals surface area contributed by atoms with Gasteiger partial charge in [-0.3, -0.25) is 4.79 Å². The summed E-state index contributed by atoms with van der Waals surface area (Å²) in [6.45, 7) is 0.207. The van der Waals surface area contributed by atoms with Crippen LogP contribution in [0.25, 0.3) is 11.3 Å². The quantitative estimate of drug-likeness (QED) is 0.407. The van der Waals surface area contributed by atoms with Gasteiger partial charge in [-0.25, -0.2) is 13.4 Å². The number of carbonyl (C=O) groups excluding carboxylic acids is 1. The van der Waals surface area contributed by atoms with Crippen molar-refractivity contribution < 1.29 is 31.0 Å². The molecule has 0 unspecified atom stereocenters. The molecule has 2 aliphatic rings. The van der Waals surface area contributed by atoms with Gasteiger partial charge in [-0.15, -0.1) is 0 Å². The molecule has 0 spiro atoms. The second-order valence-electron chi connectivity index (χ2n) is 9.45. The molecule has 1 saturated heterocycles. The Morgan fingerprint density at radius 2 is 1.95 bits per heavy atom. The van der Waals surface area contributed by atoms with Crippen LogP contribution in [0, 0.1) is 0 Å². The van der Waals surface area contributed by atoms with Crippen LogP contribution in [0.3, 0.4) is 0 Å². The largest absolute Gasteiger partial charge is 0.504 e. The number of anilines is 1. The lowest BCUT2D eigenvalue weighted by atomic mass is 9.94. The van der Waals surface area contributed by atoms with Crippen LogP contribution in [0.4, 0.5) is 5.82 Å². The van der Waals surface area contributed by atoms with E-state index < -0.39 is 15.4 Å². The first kappa shape index (κ1) is 25.2. The number of rotatable bonds is 8. The lowest BCUT2D eigenvalue weighted by Gasteiger charge is -2.22. The van der Waals surface area contributed by atoms with Gasteiger partial charge in [-0.2, -0.15) is 4.31 Å². The fraction of sp³-hybridized carbons (Fsp3) is 0.333. The molecule has 1 atom stereocenters. The highest BCUT2D eigenvalue weighted by Gasteiger charge is 2.51. The number of aliphatic hydroxyl groups excluding tert-OH is 1. The molecule has 9 nitrogen and oxygen atoms in total. The minimum absolute atomic E-state index is 0. The Bertz CT molecular complexity index is 1430. The molecule has 2 fully saturated rings. The van der Waals surface area contributed by atoms with Gasteiger partial charge in [0.05, 0.1) is 29.7 Å². The standard InChI is InChI=1S/C27H29N3O6S.2H2/c1-36-24-16-19(9-12-23(24)32)27(13-14-27)26(33)29-25-6-2-5-22(28-25)18-7-10-21(11-8-18)37(34,35)30-15-3-4-20(30)17-31;;/h2,5-12,16,20,31-32H,3-4,13-15,17H2,1H3,(H,28,29,33);2*1H/t20-;;/m1../s1. The smallest absolute Gasteiger partial charge is 0.243 e. The molecule has 2 aromatic carbocycles. The minimum Gasteiger partial charge on any atom is -0.504 e. The summed E-state index contributed by atoms with van der Waals surface area (Å²) in [6.07, 6.45) is 2.73. The van der Waals surface area contributed by atoms with E-state index in [1.54, 1.807) is 54.6 Å². The van der Waals surface area contributed by atoms with Gasteiger partial charge in [0, 0.05) is 21.0 Å². The molecule has 5 rings (SSSR count). The number of phenolic OH excluding ortho intramolecular Hbond substituents is 1. The zero-order valence-corrected chi connectivity index (χ0v) is 21.2. The van der Waals surface area contributed by atoms with Gasteiger partial charge in [0.25, 0.3) is 0 Å². The van der Waals surface area contributed by atoms with E-state index in [2.05, 4.69) is 10.3 Å². The average Bonchev–Trinajstić information content (AvgIpc) is 3.58. The maximum Gasteiger partial charge on any atom is 0.243 e. The third-order valence-corrected chi connectivity index (χ3v) is 9.16. The summed E-state index contributed by atoms with van der Waals surface area (Å²) in [7, 11) is -2.23. The highest BCUT2D eigenvalue weighted by Crippen LogP contribution is 2.50. The number of sulfonamides is 1. The van der Waals surface area contributed by atoms with Crippen LogP contribution in [0.5, 0.6) is 11.5 Å².